The molecule has 1 aliphatic heterocycles. The molecule has 0 aliphatic carbocycles. The van der Waals surface area contributed by atoms with Gasteiger partial charge in [-0.2, -0.15) is 0 Å². The van der Waals surface area contributed by atoms with E-state index >= 15 is 0 Å². The molecule has 1 fully saturated rings. The number of rotatable bonds is 6. The van der Waals surface area contributed by atoms with Gasteiger partial charge in [-0.3, -0.25) is 9.69 Å². The highest BCUT2D eigenvalue weighted by atomic mass is 16.4. The summed E-state index contributed by atoms with van der Waals surface area (Å²) < 4.78 is 0. The predicted molar refractivity (Wildman–Crippen MR) is 104 cm³/mol. The van der Waals surface area contributed by atoms with Crippen LogP contribution < -0.4 is 10.2 Å². The molecular weight excluding hydrogens is 344 g/mol. The van der Waals surface area contributed by atoms with E-state index in [2.05, 4.69) is 22.1 Å². The van der Waals surface area contributed by atoms with Gasteiger partial charge in [0, 0.05) is 31.9 Å². The minimum absolute atomic E-state index is 0.0182. The van der Waals surface area contributed by atoms with Crippen molar-refractivity contribution in [2.24, 2.45) is 0 Å². The second-order valence-corrected chi connectivity index (χ2v) is 6.51. The lowest BCUT2D eigenvalue weighted by Gasteiger charge is -2.35. The lowest BCUT2D eigenvalue weighted by Crippen LogP contribution is -2.49. The smallest absolute Gasteiger partial charge is 0.354 e. The fraction of sp³-hybridized carbons (Fsp3) is 0.350. The summed E-state index contributed by atoms with van der Waals surface area (Å²) in [5, 5.41) is 12.1. The summed E-state index contributed by atoms with van der Waals surface area (Å²) in [6, 6.07) is 12.9. The Morgan fingerprint density at radius 2 is 1.81 bits per heavy atom. The number of carboxylic acids is 1. The fourth-order valence-corrected chi connectivity index (χ4v) is 3.20. The number of aryl methyl sites for hydroxylation is 1. The number of pyridine rings is 1. The summed E-state index contributed by atoms with van der Waals surface area (Å²) in [6.45, 7) is 5.26. The molecular formula is C20H24N4O3. The molecule has 0 bridgehead atoms. The highest BCUT2D eigenvalue weighted by Gasteiger charge is 2.21. The number of anilines is 2. The molecule has 0 unspecified atom stereocenters. The molecule has 2 N–H and O–H groups in total. The van der Waals surface area contributed by atoms with Crippen molar-refractivity contribution in [3.05, 3.63) is 53.7 Å². The van der Waals surface area contributed by atoms with Crippen LogP contribution in [-0.4, -0.2) is 59.6 Å². The minimum Gasteiger partial charge on any atom is -0.477 e. The number of carboxylic acid groups (broad SMARTS) is 1. The van der Waals surface area contributed by atoms with Crippen molar-refractivity contribution < 1.29 is 14.7 Å². The first kappa shape index (κ1) is 18.8. The van der Waals surface area contributed by atoms with Crippen molar-refractivity contribution in [2.45, 2.75) is 13.3 Å². The van der Waals surface area contributed by atoms with Gasteiger partial charge in [-0.25, -0.2) is 9.78 Å². The van der Waals surface area contributed by atoms with Crippen LogP contribution >= 0.6 is 0 Å². The maximum atomic E-state index is 12.4. The zero-order chi connectivity index (χ0) is 19.2. The summed E-state index contributed by atoms with van der Waals surface area (Å²) in [5.74, 6) is -0.384. The molecule has 1 aliphatic rings. The molecule has 2 aromatic rings. The third-order valence-corrected chi connectivity index (χ3v) is 4.69. The monoisotopic (exact) mass is 368 g/mol. The molecule has 0 saturated carbocycles. The van der Waals surface area contributed by atoms with E-state index < -0.39 is 5.97 Å². The molecule has 0 atom stereocenters. The van der Waals surface area contributed by atoms with Gasteiger partial charge >= 0.3 is 5.97 Å². The Morgan fingerprint density at radius 1 is 1.07 bits per heavy atom. The van der Waals surface area contributed by atoms with Crippen LogP contribution in [0.4, 0.5) is 11.5 Å². The minimum atomic E-state index is -1.03. The first-order chi connectivity index (χ1) is 13.1. The third kappa shape index (κ3) is 4.83. The molecule has 1 aromatic carbocycles. The van der Waals surface area contributed by atoms with Gasteiger partial charge in [-0.15, -0.1) is 0 Å². The molecule has 142 valence electrons. The number of para-hydroxylation sites is 1. The predicted octanol–water partition coefficient (Wildman–Crippen LogP) is 2.10. The maximum Gasteiger partial charge on any atom is 0.354 e. The summed E-state index contributed by atoms with van der Waals surface area (Å²) in [7, 11) is 0. The van der Waals surface area contributed by atoms with Gasteiger partial charge in [0.05, 0.1) is 6.54 Å². The topological polar surface area (TPSA) is 85.8 Å². The maximum absolute atomic E-state index is 12.4. The molecule has 3 rings (SSSR count). The van der Waals surface area contributed by atoms with Crippen LogP contribution in [0.25, 0.3) is 0 Å². The van der Waals surface area contributed by atoms with Crippen LogP contribution in [0.2, 0.25) is 0 Å². The molecule has 0 radical (unpaired) electrons. The number of aromatic carboxylic acids is 1. The van der Waals surface area contributed by atoms with Gasteiger partial charge in [-0.05, 0) is 30.2 Å². The molecule has 27 heavy (non-hydrogen) atoms. The Hall–Kier alpha value is -2.93. The van der Waals surface area contributed by atoms with Crippen LogP contribution in [0.1, 0.15) is 23.0 Å². The average molecular weight is 368 g/mol. The lowest BCUT2D eigenvalue weighted by atomic mass is 10.1. The zero-order valence-electron chi connectivity index (χ0n) is 15.4. The van der Waals surface area contributed by atoms with E-state index in [-0.39, 0.29) is 11.6 Å². The number of hydrogen-bond acceptors (Lipinski definition) is 5. The number of carbonyl (C=O) groups is 2. The second-order valence-electron chi connectivity index (χ2n) is 6.51. The van der Waals surface area contributed by atoms with Crippen molar-refractivity contribution in [1.29, 1.82) is 0 Å². The Labute approximate surface area is 158 Å². The van der Waals surface area contributed by atoms with Crippen LogP contribution in [0.3, 0.4) is 0 Å². The van der Waals surface area contributed by atoms with Crippen molar-refractivity contribution in [3.8, 4) is 0 Å². The van der Waals surface area contributed by atoms with E-state index in [4.69, 9.17) is 5.11 Å². The second kappa shape index (κ2) is 8.64. The largest absolute Gasteiger partial charge is 0.477 e. The van der Waals surface area contributed by atoms with E-state index in [1.807, 2.05) is 35.2 Å². The van der Waals surface area contributed by atoms with Gasteiger partial charge in [0.1, 0.15) is 5.82 Å². The number of nitrogens with one attached hydrogen (secondary N) is 1. The summed E-state index contributed by atoms with van der Waals surface area (Å²) >= 11 is 0. The van der Waals surface area contributed by atoms with E-state index in [0.717, 1.165) is 30.8 Å². The Kier molecular flexibility index (Phi) is 6.03. The van der Waals surface area contributed by atoms with E-state index in [9.17, 15) is 9.59 Å². The number of aromatic nitrogens is 1. The Morgan fingerprint density at radius 3 is 2.52 bits per heavy atom. The van der Waals surface area contributed by atoms with Gasteiger partial charge in [0.2, 0.25) is 5.91 Å². The van der Waals surface area contributed by atoms with Gasteiger partial charge in [0.15, 0.2) is 5.69 Å². The highest BCUT2D eigenvalue weighted by molar-refractivity contribution is 5.93. The number of piperazine rings is 1. The van der Waals surface area contributed by atoms with Crippen LogP contribution in [0.15, 0.2) is 42.5 Å². The van der Waals surface area contributed by atoms with Crippen molar-refractivity contribution in [3.63, 3.8) is 0 Å². The summed E-state index contributed by atoms with van der Waals surface area (Å²) in [4.78, 5) is 31.8. The SMILES string of the molecule is CCc1ccccc1NC(=O)CN1CCN(c2cccc(C(=O)O)n2)CC1. The first-order valence-corrected chi connectivity index (χ1v) is 9.12. The molecule has 2 heterocycles. The van der Waals surface area contributed by atoms with Crippen LogP contribution in [-0.2, 0) is 11.2 Å². The highest BCUT2D eigenvalue weighted by Crippen LogP contribution is 2.16. The molecule has 1 amide bonds. The van der Waals surface area contributed by atoms with Crippen molar-refractivity contribution in [2.75, 3.05) is 42.9 Å². The van der Waals surface area contributed by atoms with Gasteiger partial charge < -0.3 is 15.3 Å². The van der Waals surface area contributed by atoms with Gasteiger partial charge in [0.25, 0.3) is 0 Å². The Bertz CT molecular complexity index is 816. The van der Waals surface area contributed by atoms with E-state index in [1.54, 1.807) is 6.07 Å². The molecule has 0 spiro atoms. The zero-order valence-corrected chi connectivity index (χ0v) is 15.4. The molecule has 7 nitrogen and oxygen atoms in total. The normalized spacial score (nSPS) is 14.8. The third-order valence-electron chi connectivity index (χ3n) is 4.69. The Balaban J connectivity index is 1.53. The fourth-order valence-electron chi connectivity index (χ4n) is 3.20. The summed E-state index contributed by atoms with van der Waals surface area (Å²) in [6.07, 6.45) is 0.873. The van der Waals surface area contributed by atoms with Crippen molar-refractivity contribution >= 4 is 23.4 Å². The van der Waals surface area contributed by atoms with Crippen molar-refractivity contribution in [1.82, 2.24) is 9.88 Å². The summed E-state index contributed by atoms with van der Waals surface area (Å²) in [5.41, 5.74) is 2.04. The van der Waals surface area contributed by atoms with Crippen LogP contribution in [0, 0.1) is 0 Å². The number of nitrogens with zero attached hydrogens (tertiary/aromatic N) is 3. The quantitative estimate of drug-likeness (QED) is 0.812. The van der Waals surface area contributed by atoms with E-state index in [0.29, 0.717) is 25.5 Å². The number of hydrogen-bond donors (Lipinski definition) is 2. The molecule has 1 saturated heterocycles. The average Bonchev–Trinajstić information content (AvgIpc) is 2.69. The number of carbonyl (C=O) groups excluding carboxylic acids is 1. The van der Waals surface area contributed by atoms with E-state index in [1.165, 1.54) is 6.07 Å². The van der Waals surface area contributed by atoms with Crippen LogP contribution in [0.5, 0.6) is 0 Å². The standard InChI is InChI=1S/C20H24N4O3/c1-2-15-6-3-4-7-16(15)22-19(25)14-23-10-12-24(13-11-23)18-9-5-8-17(21-18)20(26)27/h3-9H,2,10-14H2,1H3,(H,22,25)(H,26,27). The lowest BCUT2D eigenvalue weighted by molar-refractivity contribution is -0.117. The molecule has 7 heteroatoms. The molecule has 1 aromatic heterocycles. The number of benzene rings is 1. The number of amides is 1. The first-order valence-electron chi connectivity index (χ1n) is 9.12. The van der Waals surface area contributed by atoms with Gasteiger partial charge in [-0.1, -0.05) is 31.2 Å².